The molecule has 0 aliphatic rings. The molecule has 3 N–H and O–H groups in total. The van der Waals surface area contributed by atoms with Crippen LogP contribution in [0.5, 0.6) is 5.75 Å². The van der Waals surface area contributed by atoms with Crippen molar-refractivity contribution in [1.29, 1.82) is 0 Å². The summed E-state index contributed by atoms with van der Waals surface area (Å²) in [5, 5.41) is 13.5. The highest BCUT2D eigenvalue weighted by atomic mass is 16.6. The third-order valence-corrected chi connectivity index (χ3v) is 4.09. The summed E-state index contributed by atoms with van der Waals surface area (Å²) in [6.07, 6.45) is -0.122. The topological polar surface area (TPSA) is 151 Å². The van der Waals surface area contributed by atoms with E-state index in [1.54, 1.807) is 0 Å². The number of nitrogens with two attached hydrogens (primary N) is 1. The molecule has 10 nitrogen and oxygen atoms in total. The molecule has 0 spiro atoms. The molecular formula is C19H19N3O7. The van der Waals surface area contributed by atoms with Crippen LogP contribution >= 0.6 is 0 Å². The van der Waals surface area contributed by atoms with Crippen molar-refractivity contribution in [3.63, 3.8) is 0 Å². The minimum absolute atomic E-state index is 0.116. The van der Waals surface area contributed by atoms with Gasteiger partial charge in [-0.2, -0.15) is 0 Å². The monoisotopic (exact) mass is 401 g/mol. The number of amides is 2. The lowest BCUT2D eigenvalue weighted by molar-refractivity contribution is -0.384. The summed E-state index contributed by atoms with van der Waals surface area (Å²) in [6, 6.07) is 8.47. The van der Waals surface area contributed by atoms with Crippen LogP contribution in [0.4, 0.5) is 5.69 Å². The zero-order valence-corrected chi connectivity index (χ0v) is 15.7. The molecule has 0 aliphatic carbocycles. The fourth-order valence-electron chi connectivity index (χ4n) is 2.63. The number of nitrogens with one attached hydrogen (secondary N) is 1. The predicted octanol–water partition coefficient (Wildman–Crippen LogP) is 1.22. The van der Waals surface area contributed by atoms with Gasteiger partial charge in [0.2, 0.25) is 5.91 Å². The molecule has 2 aromatic carbocycles. The lowest BCUT2D eigenvalue weighted by atomic mass is 10.0. The van der Waals surface area contributed by atoms with Gasteiger partial charge in [0.1, 0.15) is 11.8 Å². The van der Waals surface area contributed by atoms with Crippen molar-refractivity contribution < 1.29 is 28.8 Å². The zero-order valence-electron chi connectivity index (χ0n) is 15.7. The number of carbonyl (C=O) groups excluding carboxylic acids is 3. The van der Waals surface area contributed by atoms with Crippen LogP contribution in [0.25, 0.3) is 0 Å². The second kappa shape index (κ2) is 9.31. The number of non-ortho nitro benzene ring substituents is 1. The number of esters is 1. The molecule has 2 rings (SSSR count). The summed E-state index contributed by atoms with van der Waals surface area (Å²) >= 11 is 0. The Bertz CT molecular complexity index is 959. The number of ether oxygens (including phenoxy) is 2. The zero-order chi connectivity index (χ0) is 21.6. The molecule has 2 aromatic rings. The van der Waals surface area contributed by atoms with Gasteiger partial charge in [-0.3, -0.25) is 19.7 Å². The van der Waals surface area contributed by atoms with Crippen molar-refractivity contribution >= 4 is 23.5 Å². The lowest BCUT2D eigenvalue weighted by Crippen LogP contribution is -2.46. The maximum Gasteiger partial charge on any atom is 0.337 e. The van der Waals surface area contributed by atoms with Crippen molar-refractivity contribution in [2.75, 3.05) is 14.2 Å². The molecule has 29 heavy (non-hydrogen) atoms. The fraction of sp³-hybridized carbons (Fsp3) is 0.211. The van der Waals surface area contributed by atoms with Crippen molar-refractivity contribution in [3.05, 3.63) is 69.3 Å². The maximum atomic E-state index is 12.5. The van der Waals surface area contributed by atoms with Crippen molar-refractivity contribution in [2.45, 2.75) is 12.5 Å². The minimum atomic E-state index is -1.17. The number of hydrogen-bond acceptors (Lipinski definition) is 7. The molecule has 0 aliphatic heterocycles. The SMILES string of the molecule is COC(=O)c1cccc(C(=O)N[C@H](Cc2cc([N+](=O)[O-])ccc2OC)C(N)=O)c1. The van der Waals surface area contributed by atoms with Gasteiger partial charge in [0.15, 0.2) is 0 Å². The Morgan fingerprint density at radius 1 is 1.14 bits per heavy atom. The molecule has 0 radical (unpaired) electrons. The van der Waals surface area contributed by atoms with Crippen LogP contribution in [0.15, 0.2) is 42.5 Å². The molecule has 0 bridgehead atoms. The molecule has 152 valence electrons. The number of nitrogens with zero attached hydrogens (tertiary/aromatic N) is 1. The summed E-state index contributed by atoms with van der Waals surface area (Å²) < 4.78 is 9.78. The Hall–Kier alpha value is -3.95. The van der Waals surface area contributed by atoms with Crippen LogP contribution in [-0.2, 0) is 16.0 Å². The van der Waals surface area contributed by atoms with E-state index < -0.39 is 28.7 Å². The molecule has 0 saturated carbocycles. The third-order valence-electron chi connectivity index (χ3n) is 4.09. The second-order valence-electron chi connectivity index (χ2n) is 5.96. The van der Waals surface area contributed by atoms with Gasteiger partial charge in [-0.1, -0.05) is 6.07 Å². The number of nitro benzene ring substituents is 1. The first-order chi connectivity index (χ1) is 13.8. The van der Waals surface area contributed by atoms with Gasteiger partial charge < -0.3 is 20.5 Å². The standard InChI is InChI=1S/C19H19N3O7/c1-28-16-7-6-14(22(26)27)9-13(16)10-15(17(20)23)21-18(24)11-4-3-5-12(8-11)19(25)29-2/h3-9,15H,10H2,1-2H3,(H2,20,23)(H,21,24)/t15-/m1/s1. The Labute approximate surface area is 165 Å². The van der Waals surface area contributed by atoms with Gasteiger partial charge in [-0.15, -0.1) is 0 Å². The first-order valence-corrected chi connectivity index (χ1v) is 8.36. The highest BCUT2D eigenvalue weighted by Gasteiger charge is 2.23. The summed E-state index contributed by atoms with van der Waals surface area (Å²) in [4.78, 5) is 46.4. The Balaban J connectivity index is 2.26. The Morgan fingerprint density at radius 2 is 1.83 bits per heavy atom. The smallest absolute Gasteiger partial charge is 0.337 e. The van der Waals surface area contributed by atoms with E-state index in [1.807, 2.05) is 0 Å². The van der Waals surface area contributed by atoms with Crippen molar-refractivity contribution in [1.82, 2.24) is 5.32 Å². The van der Waals surface area contributed by atoms with Crippen LogP contribution in [0, 0.1) is 10.1 Å². The molecular weight excluding hydrogens is 382 g/mol. The average molecular weight is 401 g/mol. The molecule has 0 fully saturated rings. The molecule has 0 saturated heterocycles. The van der Waals surface area contributed by atoms with E-state index in [2.05, 4.69) is 10.1 Å². The van der Waals surface area contributed by atoms with E-state index in [4.69, 9.17) is 10.5 Å². The molecule has 0 aromatic heterocycles. The first-order valence-electron chi connectivity index (χ1n) is 8.36. The van der Waals surface area contributed by atoms with E-state index in [0.29, 0.717) is 11.3 Å². The summed E-state index contributed by atoms with van der Waals surface area (Å²) in [7, 11) is 2.59. The van der Waals surface area contributed by atoms with E-state index in [-0.39, 0.29) is 23.2 Å². The second-order valence-corrected chi connectivity index (χ2v) is 5.96. The molecule has 2 amide bonds. The number of primary amides is 1. The molecule has 0 heterocycles. The third kappa shape index (κ3) is 5.28. The summed E-state index contributed by atoms with van der Waals surface area (Å²) in [5.74, 6) is -1.80. The highest BCUT2D eigenvalue weighted by molar-refractivity contribution is 5.99. The van der Waals surface area contributed by atoms with E-state index in [1.165, 1.54) is 56.7 Å². The number of rotatable bonds is 8. The van der Waals surface area contributed by atoms with Crippen LogP contribution in [-0.4, -0.2) is 43.0 Å². The van der Waals surface area contributed by atoms with Gasteiger partial charge in [0.05, 0.1) is 24.7 Å². The number of methoxy groups -OCH3 is 2. The summed E-state index contributed by atoms with van der Waals surface area (Å²) in [6.45, 7) is 0. The van der Waals surface area contributed by atoms with Gasteiger partial charge in [-0.25, -0.2) is 4.79 Å². The quantitative estimate of drug-likeness (QED) is 0.383. The van der Waals surface area contributed by atoms with Crippen LogP contribution in [0.3, 0.4) is 0 Å². The number of benzene rings is 2. The fourth-order valence-corrected chi connectivity index (χ4v) is 2.63. The highest BCUT2D eigenvalue weighted by Crippen LogP contribution is 2.25. The molecule has 10 heteroatoms. The lowest BCUT2D eigenvalue weighted by Gasteiger charge is -2.17. The van der Waals surface area contributed by atoms with Gasteiger partial charge in [-0.05, 0) is 24.3 Å². The minimum Gasteiger partial charge on any atom is -0.496 e. The van der Waals surface area contributed by atoms with E-state index in [9.17, 15) is 24.5 Å². The number of hydrogen-bond donors (Lipinski definition) is 2. The largest absolute Gasteiger partial charge is 0.496 e. The Morgan fingerprint density at radius 3 is 2.41 bits per heavy atom. The average Bonchev–Trinajstić information content (AvgIpc) is 2.72. The van der Waals surface area contributed by atoms with Gasteiger partial charge in [0, 0.05) is 29.7 Å². The van der Waals surface area contributed by atoms with E-state index in [0.717, 1.165) is 0 Å². The first kappa shape index (κ1) is 21.4. The van der Waals surface area contributed by atoms with Gasteiger partial charge in [0.25, 0.3) is 11.6 Å². The summed E-state index contributed by atoms with van der Waals surface area (Å²) in [5.41, 5.74) is 5.81. The predicted molar refractivity (Wildman–Crippen MR) is 102 cm³/mol. The van der Waals surface area contributed by atoms with Gasteiger partial charge >= 0.3 is 5.97 Å². The number of carbonyl (C=O) groups is 3. The maximum absolute atomic E-state index is 12.5. The normalized spacial score (nSPS) is 11.2. The van der Waals surface area contributed by atoms with Crippen molar-refractivity contribution in [2.24, 2.45) is 5.73 Å². The van der Waals surface area contributed by atoms with Crippen molar-refractivity contribution in [3.8, 4) is 5.75 Å². The van der Waals surface area contributed by atoms with Crippen LogP contribution in [0.2, 0.25) is 0 Å². The Kier molecular flexibility index (Phi) is 6.85. The molecule has 1 atom stereocenters. The molecule has 0 unspecified atom stereocenters. The van der Waals surface area contributed by atoms with Crippen LogP contribution in [0.1, 0.15) is 26.3 Å². The van der Waals surface area contributed by atoms with E-state index >= 15 is 0 Å². The van der Waals surface area contributed by atoms with Crippen LogP contribution < -0.4 is 15.8 Å². The number of nitro groups is 1.